The molecule has 0 spiro atoms. The highest BCUT2D eigenvalue weighted by Crippen LogP contribution is 2.33. The largest absolute Gasteiger partial charge is 0.479 e. The molecule has 21 heavy (non-hydrogen) atoms. The second-order valence-electron chi connectivity index (χ2n) is 5.39. The molecule has 0 radical (unpaired) electrons. The summed E-state index contributed by atoms with van der Waals surface area (Å²) in [5.74, 6) is -0.813. The van der Waals surface area contributed by atoms with Crippen molar-refractivity contribution >= 4 is 5.97 Å². The van der Waals surface area contributed by atoms with Gasteiger partial charge in [0.1, 0.15) is 6.79 Å². The van der Waals surface area contributed by atoms with E-state index in [9.17, 15) is 4.79 Å². The summed E-state index contributed by atoms with van der Waals surface area (Å²) in [6, 6.07) is 0. The van der Waals surface area contributed by atoms with Crippen LogP contribution in [0.4, 0.5) is 0 Å². The smallest absolute Gasteiger partial charge is 0.338 e. The van der Waals surface area contributed by atoms with Crippen LogP contribution < -0.4 is 0 Å². The van der Waals surface area contributed by atoms with E-state index in [4.69, 9.17) is 24.1 Å². The molecule has 1 saturated heterocycles. The maximum Gasteiger partial charge on any atom is 0.338 e. The van der Waals surface area contributed by atoms with Crippen LogP contribution in [0, 0.1) is 0 Å². The lowest BCUT2D eigenvalue weighted by Crippen LogP contribution is -2.23. The second kappa shape index (κ2) is 11.0. The fraction of sp³-hybridized carbons (Fsp3) is 0.933. The van der Waals surface area contributed by atoms with E-state index >= 15 is 0 Å². The first-order valence-corrected chi connectivity index (χ1v) is 7.73. The quantitative estimate of drug-likeness (QED) is 0.284. The summed E-state index contributed by atoms with van der Waals surface area (Å²) < 4.78 is 20.4. The van der Waals surface area contributed by atoms with Crippen molar-refractivity contribution in [1.82, 2.24) is 0 Å². The van der Waals surface area contributed by atoms with E-state index in [1.807, 2.05) is 0 Å². The summed E-state index contributed by atoms with van der Waals surface area (Å²) in [6.45, 7) is 2.60. The highest BCUT2D eigenvalue weighted by atomic mass is 16.7. The van der Waals surface area contributed by atoms with Gasteiger partial charge in [-0.15, -0.1) is 0 Å². The van der Waals surface area contributed by atoms with E-state index in [0.717, 1.165) is 45.1 Å². The Labute approximate surface area is 126 Å². The van der Waals surface area contributed by atoms with Crippen LogP contribution in [-0.4, -0.2) is 57.0 Å². The van der Waals surface area contributed by atoms with Crippen molar-refractivity contribution in [3.8, 4) is 0 Å². The lowest BCUT2D eigenvalue weighted by atomic mass is 10.0. The van der Waals surface area contributed by atoms with Crippen LogP contribution in [0.1, 0.15) is 44.9 Å². The molecule has 6 nitrogen and oxygen atoms in total. The fourth-order valence-corrected chi connectivity index (χ4v) is 2.10. The molecule has 1 fully saturated rings. The van der Waals surface area contributed by atoms with Gasteiger partial charge in [0.2, 0.25) is 0 Å². The number of ether oxygens (including phenoxy) is 4. The van der Waals surface area contributed by atoms with Gasteiger partial charge in [0.15, 0.2) is 5.60 Å². The average Bonchev–Trinajstić information content (AvgIpc) is 3.25. The van der Waals surface area contributed by atoms with Crippen molar-refractivity contribution in [2.24, 2.45) is 0 Å². The second-order valence-corrected chi connectivity index (χ2v) is 5.39. The van der Waals surface area contributed by atoms with Gasteiger partial charge in [-0.25, -0.2) is 4.79 Å². The molecule has 1 unspecified atom stereocenters. The summed E-state index contributed by atoms with van der Waals surface area (Å²) in [5.41, 5.74) is -0.837. The van der Waals surface area contributed by atoms with E-state index in [1.165, 1.54) is 0 Å². The molecular formula is C15H28O6. The third-order valence-electron chi connectivity index (χ3n) is 3.60. The fourth-order valence-electron chi connectivity index (χ4n) is 2.10. The molecule has 0 saturated carbocycles. The van der Waals surface area contributed by atoms with Gasteiger partial charge in [-0.2, -0.15) is 0 Å². The number of hydrogen-bond acceptors (Lipinski definition) is 5. The molecule has 124 valence electrons. The molecule has 0 aromatic heterocycles. The highest BCUT2D eigenvalue weighted by Gasteiger charge is 2.51. The Hall–Kier alpha value is -0.690. The van der Waals surface area contributed by atoms with Crippen molar-refractivity contribution in [2.75, 3.05) is 40.3 Å². The lowest BCUT2D eigenvalue weighted by Gasteiger charge is -2.06. The first-order chi connectivity index (χ1) is 10.2. The summed E-state index contributed by atoms with van der Waals surface area (Å²) >= 11 is 0. The van der Waals surface area contributed by atoms with Crippen molar-refractivity contribution in [3.63, 3.8) is 0 Å². The number of unbranched alkanes of at least 4 members (excludes halogenated alkanes) is 5. The summed E-state index contributed by atoms with van der Waals surface area (Å²) in [5, 5.41) is 8.94. The molecule has 0 aromatic carbocycles. The molecule has 6 heteroatoms. The summed E-state index contributed by atoms with van der Waals surface area (Å²) in [7, 11) is 1.64. The molecule has 0 amide bonds. The molecule has 1 heterocycles. The van der Waals surface area contributed by atoms with Gasteiger partial charge in [-0.3, -0.25) is 0 Å². The van der Waals surface area contributed by atoms with Crippen molar-refractivity contribution in [1.29, 1.82) is 0 Å². The predicted molar refractivity (Wildman–Crippen MR) is 77.3 cm³/mol. The first-order valence-electron chi connectivity index (χ1n) is 7.73. The zero-order valence-electron chi connectivity index (χ0n) is 13.0. The van der Waals surface area contributed by atoms with Gasteiger partial charge in [-0.05, 0) is 19.3 Å². The Bertz CT molecular complexity index is 277. The zero-order valence-corrected chi connectivity index (χ0v) is 13.0. The zero-order chi connectivity index (χ0) is 15.4. The predicted octanol–water partition coefficient (Wildman–Crippen LogP) is 2.21. The molecule has 0 aromatic rings. The maximum absolute atomic E-state index is 10.9. The topological polar surface area (TPSA) is 77.5 Å². The minimum atomic E-state index is -0.837. The SMILES string of the molecule is COCCOCOCCCCCCCCC1(C(=O)O)CO1. The number of hydrogen-bond donors (Lipinski definition) is 1. The molecule has 1 atom stereocenters. The van der Waals surface area contributed by atoms with Gasteiger partial charge >= 0.3 is 5.97 Å². The number of epoxide rings is 1. The Kier molecular flexibility index (Phi) is 9.58. The molecule has 1 aliphatic rings. The molecule has 0 bridgehead atoms. The standard InChI is InChI=1S/C15H28O6/c1-18-10-11-20-13-19-9-7-5-3-2-4-6-8-15(12-21-15)14(16)17/h2-13H2,1H3,(H,16,17). The van der Waals surface area contributed by atoms with Crippen LogP contribution in [0.5, 0.6) is 0 Å². The minimum absolute atomic E-state index is 0.334. The summed E-state index contributed by atoms with van der Waals surface area (Å²) in [6.07, 6.45) is 7.11. The minimum Gasteiger partial charge on any atom is -0.479 e. The number of carbonyl (C=O) groups is 1. The third kappa shape index (κ3) is 8.36. The number of rotatable bonds is 15. The van der Waals surface area contributed by atoms with Crippen LogP contribution in [-0.2, 0) is 23.7 Å². The van der Waals surface area contributed by atoms with Crippen LogP contribution >= 0.6 is 0 Å². The molecule has 1 N–H and O–H groups in total. The summed E-state index contributed by atoms with van der Waals surface area (Å²) in [4.78, 5) is 10.9. The average molecular weight is 304 g/mol. The van der Waals surface area contributed by atoms with Gasteiger partial charge in [0.25, 0.3) is 0 Å². The van der Waals surface area contributed by atoms with E-state index in [-0.39, 0.29) is 0 Å². The Morgan fingerprint density at radius 2 is 1.67 bits per heavy atom. The first kappa shape index (κ1) is 18.4. The molecule has 1 rings (SSSR count). The molecule has 1 aliphatic heterocycles. The number of carboxylic acid groups (broad SMARTS) is 1. The van der Waals surface area contributed by atoms with Gasteiger partial charge in [0.05, 0.1) is 19.8 Å². The van der Waals surface area contributed by atoms with Crippen LogP contribution in [0.2, 0.25) is 0 Å². The third-order valence-corrected chi connectivity index (χ3v) is 3.60. The van der Waals surface area contributed by atoms with Crippen molar-refractivity contribution in [3.05, 3.63) is 0 Å². The van der Waals surface area contributed by atoms with E-state index in [2.05, 4.69) is 0 Å². The monoisotopic (exact) mass is 304 g/mol. The Morgan fingerprint density at radius 3 is 2.29 bits per heavy atom. The number of carboxylic acids is 1. The maximum atomic E-state index is 10.9. The molecular weight excluding hydrogens is 276 g/mol. The normalized spacial score (nSPS) is 20.6. The van der Waals surface area contributed by atoms with Crippen molar-refractivity contribution < 1.29 is 28.8 Å². The van der Waals surface area contributed by atoms with Gasteiger partial charge in [-0.1, -0.05) is 25.7 Å². The highest BCUT2D eigenvalue weighted by molar-refractivity contribution is 5.80. The Morgan fingerprint density at radius 1 is 1.05 bits per heavy atom. The van der Waals surface area contributed by atoms with Gasteiger partial charge in [0, 0.05) is 13.7 Å². The van der Waals surface area contributed by atoms with E-state index in [0.29, 0.717) is 33.0 Å². The number of aliphatic carboxylic acids is 1. The number of methoxy groups -OCH3 is 1. The van der Waals surface area contributed by atoms with Gasteiger partial charge < -0.3 is 24.1 Å². The van der Waals surface area contributed by atoms with Crippen LogP contribution in [0.3, 0.4) is 0 Å². The van der Waals surface area contributed by atoms with Crippen molar-refractivity contribution in [2.45, 2.75) is 50.5 Å². The van der Waals surface area contributed by atoms with Crippen LogP contribution in [0.15, 0.2) is 0 Å². The van der Waals surface area contributed by atoms with E-state index < -0.39 is 11.6 Å². The Balaban J connectivity index is 1.74. The molecule has 0 aliphatic carbocycles. The van der Waals surface area contributed by atoms with E-state index in [1.54, 1.807) is 7.11 Å². The van der Waals surface area contributed by atoms with Crippen LogP contribution in [0.25, 0.3) is 0 Å². The lowest BCUT2D eigenvalue weighted by molar-refractivity contribution is -0.143.